The van der Waals surface area contributed by atoms with Gasteiger partial charge in [-0.05, 0) is 29.3 Å². The van der Waals surface area contributed by atoms with Crippen LogP contribution in [0.1, 0.15) is 27.4 Å². The molecule has 0 unspecified atom stereocenters. The van der Waals surface area contributed by atoms with Crippen molar-refractivity contribution in [3.63, 3.8) is 0 Å². The number of phenolic OH excluding ortho intramolecular Hbond substituents is 1. The quantitative estimate of drug-likeness (QED) is 0.310. The number of nitro benzene ring substituents is 1. The summed E-state index contributed by atoms with van der Waals surface area (Å²) in [4.78, 5) is 38.7. The molecule has 4 atom stereocenters. The lowest BCUT2D eigenvalue weighted by molar-refractivity contribution is -0.524. The highest BCUT2D eigenvalue weighted by atomic mass is 16.6. The maximum atomic E-state index is 14.1. The Labute approximate surface area is 205 Å². The molecule has 0 spiro atoms. The van der Waals surface area contributed by atoms with Crippen molar-refractivity contribution >= 4 is 23.2 Å². The second kappa shape index (κ2) is 8.81. The number of para-hydroxylation sites is 1. The van der Waals surface area contributed by atoms with E-state index in [1.807, 2.05) is 18.2 Å². The molecule has 0 aliphatic carbocycles. The number of non-ortho nitro benzene ring substituents is 1. The third-order valence-electron chi connectivity index (χ3n) is 6.81. The molecule has 0 saturated carbocycles. The second-order valence-corrected chi connectivity index (χ2v) is 8.67. The zero-order valence-electron chi connectivity index (χ0n) is 19.1. The van der Waals surface area contributed by atoms with Crippen LogP contribution >= 0.6 is 0 Å². The first-order valence-electron chi connectivity index (χ1n) is 11.2. The summed E-state index contributed by atoms with van der Waals surface area (Å²) in [5.74, 6) is -1.43. The number of aromatic hydroxyl groups is 1. The smallest absolute Gasteiger partial charge is 0.270 e. The molecule has 1 saturated heterocycles. The molecule has 0 radical (unpaired) electrons. The molecule has 1 fully saturated rings. The number of fused-ring (bicyclic) bond motifs is 3. The Hall–Kier alpha value is -4.73. The normalized spacial score (nSPS) is 22.0. The van der Waals surface area contributed by atoms with Crippen molar-refractivity contribution < 1.29 is 24.5 Å². The number of Topliss-reactive ketones (excluding diaryl/α,β-unsaturated/α-hetero) is 1. The van der Waals surface area contributed by atoms with E-state index in [1.165, 1.54) is 43.5 Å². The van der Waals surface area contributed by atoms with Gasteiger partial charge in [-0.1, -0.05) is 48.6 Å². The minimum atomic E-state index is -1.21. The summed E-state index contributed by atoms with van der Waals surface area (Å²) >= 11 is 0. The molecule has 0 amide bonds. The molecule has 3 aromatic rings. The Morgan fingerprint density at radius 1 is 1.03 bits per heavy atom. The van der Waals surface area contributed by atoms with Crippen molar-refractivity contribution in [2.24, 2.45) is 0 Å². The van der Waals surface area contributed by atoms with Gasteiger partial charge in [0.1, 0.15) is 12.1 Å². The number of rotatable bonds is 6. The molecule has 182 valence electrons. The van der Waals surface area contributed by atoms with Gasteiger partial charge in [0, 0.05) is 28.3 Å². The molecule has 10 nitrogen and oxygen atoms in total. The van der Waals surface area contributed by atoms with Gasteiger partial charge in [0.2, 0.25) is 6.04 Å². The van der Waals surface area contributed by atoms with Gasteiger partial charge in [0.15, 0.2) is 17.3 Å². The molecule has 2 aliphatic heterocycles. The van der Waals surface area contributed by atoms with Crippen LogP contribution in [0.15, 0.2) is 72.8 Å². The molecule has 2 aliphatic rings. The summed E-state index contributed by atoms with van der Waals surface area (Å²) in [6, 6.07) is 14.1. The minimum absolute atomic E-state index is 0.0831. The van der Waals surface area contributed by atoms with Crippen molar-refractivity contribution in [3.05, 3.63) is 110 Å². The fourth-order valence-corrected chi connectivity index (χ4v) is 5.27. The fourth-order valence-electron chi connectivity index (χ4n) is 5.27. The maximum Gasteiger partial charge on any atom is 0.270 e. The Morgan fingerprint density at radius 3 is 2.53 bits per heavy atom. The molecule has 1 N–H and O–H groups in total. The number of benzene rings is 3. The van der Waals surface area contributed by atoms with Crippen LogP contribution in [0, 0.1) is 20.2 Å². The van der Waals surface area contributed by atoms with Crippen molar-refractivity contribution in [1.29, 1.82) is 0 Å². The first kappa shape index (κ1) is 23.0. The molecular formula is C26H21N3O7. The lowest BCUT2D eigenvalue weighted by Crippen LogP contribution is -2.44. The summed E-state index contributed by atoms with van der Waals surface area (Å²) < 4.78 is 5.23. The van der Waals surface area contributed by atoms with E-state index < -0.39 is 34.7 Å². The molecule has 0 aromatic heterocycles. The number of carbonyl (C=O) groups is 1. The predicted molar refractivity (Wildman–Crippen MR) is 131 cm³/mol. The second-order valence-electron chi connectivity index (χ2n) is 8.67. The van der Waals surface area contributed by atoms with Crippen LogP contribution in [0.2, 0.25) is 0 Å². The van der Waals surface area contributed by atoms with Gasteiger partial charge >= 0.3 is 0 Å². The van der Waals surface area contributed by atoms with Crippen LogP contribution in [-0.2, 0) is 0 Å². The number of nitrogens with zero attached hydrogens (tertiary/aromatic N) is 3. The summed E-state index contributed by atoms with van der Waals surface area (Å²) in [6.07, 6.45) is 3.53. The zero-order valence-corrected chi connectivity index (χ0v) is 19.1. The number of hydrogen-bond donors (Lipinski definition) is 1. The van der Waals surface area contributed by atoms with Crippen molar-refractivity contribution in [2.75, 3.05) is 12.0 Å². The third-order valence-corrected chi connectivity index (χ3v) is 6.81. The Kier molecular flexibility index (Phi) is 5.63. The van der Waals surface area contributed by atoms with Crippen LogP contribution in [0.4, 0.5) is 11.4 Å². The Morgan fingerprint density at radius 2 is 1.81 bits per heavy atom. The number of carbonyl (C=O) groups excluding carboxylic acids is 1. The summed E-state index contributed by atoms with van der Waals surface area (Å²) in [5.41, 5.74) is 1.74. The number of hydrogen-bond acceptors (Lipinski definition) is 8. The molecule has 36 heavy (non-hydrogen) atoms. The Balaban J connectivity index is 1.73. The van der Waals surface area contributed by atoms with E-state index in [-0.39, 0.29) is 27.7 Å². The first-order valence-corrected chi connectivity index (χ1v) is 11.2. The number of methoxy groups -OCH3 is 1. The molecule has 10 heteroatoms. The molecule has 2 heterocycles. The van der Waals surface area contributed by atoms with E-state index in [2.05, 4.69) is 0 Å². The lowest BCUT2D eigenvalue weighted by atomic mass is 9.83. The average molecular weight is 487 g/mol. The van der Waals surface area contributed by atoms with E-state index in [1.54, 1.807) is 29.2 Å². The summed E-state index contributed by atoms with van der Waals surface area (Å²) in [6.45, 7) is 0. The first-order chi connectivity index (χ1) is 17.3. The molecule has 0 bridgehead atoms. The van der Waals surface area contributed by atoms with Crippen molar-refractivity contribution in [2.45, 2.75) is 24.0 Å². The fraction of sp³-hybridized carbons (Fsp3) is 0.192. The van der Waals surface area contributed by atoms with E-state index in [0.29, 0.717) is 11.3 Å². The van der Waals surface area contributed by atoms with Crippen LogP contribution in [0.3, 0.4) is 0 Å². The van der Waals surface area contributed by atoms with E-state index in [4.69, 9.17) is 4.74 Å². The van der Waals surface area contributed by atoms with Gasteiger partial charge in [-0.25, -0.2) is 0 Å². The van der Waals surface area contributed by atoms with Gasteiger partial charge in [-0.2, -0.15) is 0 Å². The van der Waals surface area contributed by atoms with Crippen LogP contribution in [-0.4, -0.2) is 46.0 Å². The largest absolute Gasteiger partial charge is 0.504 e. The van der Waals surface area contributed by atoms with E-state index >= 15 is 0 Å². The highest BCUT2D eigenvalue weighted by Crippen LogP contribution is 2.48. The van der Waals surface area contributed by atoms with Gasteiger partial charge in [0.05, 0.1) is 18.0 Å². The third kappa shape index (κ3) is 3.63. The van der Waals surface area contributed by atoms with Crippen molar-refractivity contribution in [1.82, 2.24) is 0 Å². The lowest BCUT2D eigenvalue weighted by Gasteiger charge is -2.34. The summed E-state index contributed by atoms with van der Waals surface area (Å²) in [7, 11) is 1.37. The standard InChI is InChI=1S/C26H21N3O7/c1-36-22-14-16(10-12-21(22)30)23-24(29(34)35)20-11-9-15-5-2-3-8-19(15)27(20)25(23)26(31)17-6-4-7-18(13-17)28(32)33/h2-14,20,23-25,30H,1H3/t20-,23+,24-,25-/m1/s1. The van der Waals surface area contributed by atoms with Crippen LogP contribution in [0.5, 0.6) is 11.5 Å². The number of ether oxygens (including phenoxy) is 1. The monoisotopic (exact) mass is 487 g/mol. The SMILES string of the molecule is COc1cc([C@H]2[C@H]([N+](=O)[O-])[C@H]3C=Cc4ccccc4N3[C@H]2C(=O)c2cccc([N+](=O)[O-])c2)ccc1O. The highest BCUT2D eigenvalue weighted by Gasteiger charge is 2.59. The zero-order chi connectivity index (χ0) is 25.6. The average Bonchev–Trinajstić information content (AvgIpc) is 3.24. The van der Waals surface area contributed by atoms with Gasteiger partial charge in [-0.3, -0.25) is 25.0 Å². The van der Waals surface area contributed by atoms with Crippen molar-refractivity contribution in [3.8, 4) is 11.5 Å². The number of ketones is 1. The van der Waals surface area contributed by atoms with Crippen LogP contribution in [0.25, 0.3) is 6.08 Å². The highest BCUT2D eigenvalue weighted by molar-refractivity contribution is 6.04. The number of anilines is 1. The maximum absolute atomic E-state index is 14.1. The predicted octanol–water partition coefficient (Wildman–Crippen LogP) is 4.21. The van der Waals surface area contributed by atoms with Gasteiger partial charge in [0.25, 0.3) is 5.69 Å². The van der Waals surface area contributed by atoms with Gasteiger partial charge < -0.3 is 14.7 Å². The number of nitro groups is 2. The number of phenols is 1. The Bertz CT molecular complexity index is 1420. The molecular weight excluding hydrogens is 466 g/mol. The minimum Gasteiger partial charge on any atom is -0.504 e. The van der Waals surface area contributed by atoms with E-state index in [9.17, 15) is 30.1 Å². The van der Waals surface area contributed by atoms with Crippen LogP contribution < -0.4 is 9.64 Å². The molecule has 3 aromatic carbocycles. The topological polar surface area (TPSA) is 136 Å². The van der Waals surface area contributed by atoms with E-state index in [0.717, 1.165) is 5.56 Å². The van der Waals surface area contributed by atoms with Gasteiger partial charge in [-0.15, -0.1) is 0 Å². The molecule has 5 rings (SSSR count). The summed E-state index contributed by atoms with van der Waals surface area (Å²) in [5, 5.41) is 34.0.